The van der Waals surface area contributed by atoms with Crippen LogP contribution in [0.1, 0.15) is 52.8 Å². The van der Waals surface area contributed by atoms with Crippen LogP contribution < -0.4 is 4.74 Å². The number of para-hydroxylation sites is 1. The highest BCUT2D eigenvalue weighted by molar-refractivity contribution is 5.98. The van der Waals surface area contributed by atoms with Crippen LogP contribution >= 0.6 is 0 Å². The first kappa shape index (κ1) is 24.4. The molecule has 3 aromatic rings. The minimum Gasteiger partial charge on any atom is -0.491 e. The lowest BCUT2D eigenvalue weighted by Gasteiger charge is -2.41. The number of aromatic amines is 1. The van der Waals surface area contributed by atoms with Gasteiger partial charge in [-0.25, -0.2) is 0 Å². The Morgan fingerprint density at radius 1 is 1.03 bits per heavy atom. The second kappa shape index (κ2) is 10.7. The molecule has 1 aromatic heterocycles. The first-order chi connectivity index (χ1) is 17.6. The summed E-state index contributed by atoms with van der Waals surface area (Å²) in [5.41, 5.74) is 2.28. The van der Waals surface area contributed by atoms with Crippen molar-refractivity contribution in [3.63, 3.8) is 0 Å². The molecule has 0 unspecified atom stereocenters. The number of amides is 2. The molecule has 0 saturated carbocycles. The molecule has 0 spiro atoms. The van der Waals surface area contributed by atoms with Gasteiger partial charge in [0.15, 0.2) is 0 Å². The summed E-state index contributed by atoms with van der Waals surface area (Å²) in [5, 5.41) is 1.09. The summed E-state index contributed by atoms with van der Waals surface area (Å²) in [6, 6.07) is 15.2. The maximum Gasteiger partial charge on any atom is 0.257 e. The van der Waals surface area contributed by atoms with Gasteiger partial charge < -0.3 is 24.3 Å². The summed E-state index contributed by atoms with van der Waals surface area (Å²) >= 11 is 0. The van der Waals surface area contributed by atoms with E-state index in [1.807, 2.05) is 64.5 Å². The van der Waals surface area contributed by atoms with Crippen molar-refractivity contribution in [3.8, 4) is 5.75 Å². The summed E-state index contributed by atoms with van der Waals surface area (Å²) in [5.74, 6) is 0.590. The minimum atomic E-state index is 0.00224. The molecule has 3 aliphatic heterocycles. The topological polar surface area (TPSA) is 74.9 Å². The molecule has 1 saturated heterocycles. The van der Waals surface area contributed by atoms with Gasteiger partial charge in [-0.15, -0.1) is 0 Å². The molecule has 7 nitrogen and oxygen atoms in total. The van der Waals surface area contributed by atoms with Gasteiger partial charge in [-0.05, 0) is 66.8 Å². The molecule has 2 bridgehead atoms. The fourth-order valence-electron chi connectivity index (χ4n) is 5.64. The summed E-state index contributed by atoms with van der Waals surface area (Å²) in [6.07, 6.45) is 6.70. The van der Waals surface area contributed by atoms with Crippen LogP contribution in [0.25, 0.3) is 10.9 Å². The van der Waals surface area contributed by atoms with E-state index in [0.717, 1.165) is 56.1 Å². The predicted molar refractivity (Wildman–Crippen MR) is 139 cm³/mol. The zero-order chi connectivity index (χ0) is 25.0. The molecule has 2 aromatic carbocycles. The van der Waals surface area contributed by atoms with Gasteiger partial charge in [0, 0.05) is 44.0 Å². The van der Waals surface area contributed by atoms with Crippen molar-refractivity contribution in [1.82, 2.24) is 14.8 Å². The molecule has 3 aliphatic rings. The van der Waals surface area contributed by atoms with Crippen LogP contribution in [0, 0.1) is 5.41 Å². The third kappa shape index (κ3) is 5.12. The molecule has 36 heavy (non-hydrogen) atoms. The van der Waals surface area contributed by atoms with E-state index in [-0.39, 0.29) is 17.2 Å². The van der Waals surface area contributed by atoms with E-state index in [9.17, 15) is 9.59 Å². The minimum absolute atomic E-state index is 0.00224. The van der Waals surface area contributed by atoms with E-state index in [2.05, 4.69) is 4.98 Å². The van der Waals surface area contributed by atoms with Crippen LogP contribution in [-0.2, 0) is 4.74 Å². The van der Waals surface area contributed by atoms with Gasteiger partial charge >= 0.3 is 0 Å². The maximum atomic E-state index is 13.5. The molecule has 0 atom stereocenters. The Morgan fingerprint density at radius 3 is 2.69 bits per heavy atom. The van der Waals surface area contributed by atoms with Gasteiger partial charge in [-0.2, -0.15) is 0 Å². The summed E-state index contributed by atoms with van der Waals surface area (Å²) in [7, 11) is 1.76. The van der Waals surface area contributed by atoms with Crippen LogP contribution in [0.2, 0.25) is 0 Å². The van der Waals surface area contributed by atoms with Crippen molar-refractivity contribution >= 4 is 22.7 Å². The largest absolute Gasteiger partial charge is 0.491 e. The maximum absolute atomic E-state index is 13.5. The Balaban J connectivity index is 1.39. The SMILES string of the molecule is COCC12CCCCN(C(=O)c3ccc4cc[nH]c4c3)CCOc3ccccc3C(=O)N(CC1)CC2. The number of nitrogens with one attached hydrogen (secondary N) is 1. The molecule has 7 heteroatoms. The van der Waals surface area contributed by atoms with Crippen molar-refractivity contribution in [3.05, 3.63) is 65.9 Å². The number of fused-ring (bicyclic) bond motifs is 10. The van der Waals surface area contributed by atoms with Gasteiger partial charge in [-0.1, -0.05) is 24.6 Å². The lowest BCUT2D eigenvalue weighted by atomic mass is 9.75. The average molecular weight is 490 g/mol. The van der Waals surface area contributed by atoms with Crippen molar-refractivity contribution < 1.29 is 19.1 Å². The number of benzene rings is 2. The van der Waals surface area contributed by atoms with E-state index in [0.29, 0.717) is 43.2 Å². The number of ether oxygens (including phenoxy) is 2. The van der Waals surface area contributed by atoms with Gasteiger partial charge in [-0.3, -0.25) is 9.59 Å². The fourth-order valence-corrected chi connectivity index (χ4v) is 5.64. The standard InChI is InChI=1S/C29H35N3O4/c1-35-21-29-11-4-5-15-31(27(33)23-9-8-22-10-14-30-25(22)20-23)18-19-36-26-7-3-2-6-24(26)28(34)32(16-12-29)17-13-29/h2-3,6-10,14,20,30H,4-5,11-13,15-19,21H2,1H3. The van der Waals surface area contributed by atoms with Crippen molar-refractivity contribution in [2.75, 3.05) is 46.5 Å². The number of carbonyl (C=O) groups is 2. The third-order valence-corrected chi connectivity index (χ3v) is 7.77. The van der Waals surface area contributed by atoms with E-state index < -0.39 is 0 Å². The zero-order valence-electron chi connectivity index (χ0n) is 21.0. The highest BCUT2D eigenvalue weighted by atomic mass is 16.5. The summed E-state index contributed by atoms with van der Waals surface area (Å²) < 4.78 is 11.7. The molecule has 0 aliphatic carbocycles. The van der Waals surface area contributed by atoms with E-state index in [1.54, 1.807) is 7.11 Å². The number of methoxy groups -OCH3 is 1. The molecular formula is C29H35N3O4. The van der Waals surface area contributed by atoms with Gasteiger partial charge in [0.1, 0.15) is 12.4 Å². The normalized spacial score (nSPS) is 18.9. The van der Waals surface area contributed by atoms with E-state index in [1.165, 1.54) is 0 Å². The number of H-pyrrole nitrogens is 1. The summed E-state index contributed by atoms with van der Waals surface area (Å²) in [4.78, 5) is 33.9. The molecule has 2 amide bonds. The van der Waals surface area contributed by atoms with Gasteiger partial charge in [0.2, 0.25) is 0 Å². The average Bonchev–Trinajstić information content (AvgIpc) is 3.38. The molecule has 4 heterocycles. The van der Waals surface area contributed by atoms with Crippen LogP contribution in [0.5, 0.6) is 5.75 Å². The first-order valence-electron chi connectivity index (χ1n) is 13.0. The van der Waals surface area contributed by atoms with Crippen molar-refractivity contribution in [1.29, 1.82) is 0 Å². The molecule has 190 valence electrons. The lowest BCUT2D eigenvalue weighted by molar-refractivity contribution is 0.0136. The second-order valence-electron chi connectivity index (χ2n) is 10.1. The Bertz CT molecular complexity index is 1210. The highest BCUT2D eigenvalue weighted by Gasteiger charge is 2.36. The zero-order valence-corrected chi connectivity index (χ0v) is 21.0. The summed E-state index contributed by atoms with van der Waals surface area (Å²) in [6.45, 7) is 3.60. The van der Waals surface area contributed by atoms with Gasteiger partial charge in [0.05, 0.1) is 18.7 Å². The number of rotatable bonds is 3. The molecule has 0 radical (unpaired) electrons. The number of hydrogen-bond donors (Lipinski definition) is 1. The second-order valence-corrected chi connectivity index (χ2v) is 10.1. The van der Waals surface area contributed by atoms with Crippen LogP contribution in [0.4, 0.5) is 0 Å². The molecule has 6 rings (SSSR count). The Labute approximate surface area is 212 Å². The van der Waals surface area contributed by atoms with E-state index in [4.69, 9.17) is 9.47 Å². The molecule has 1 N–H and O–H groups in total. The Kier molecular flexibility index (Phi) is 7.28. The predicted octanol–water partition coefficient (Wildman–Crippen LogP) is 4.74. The molecule has 1 fully saturated rings. The van der Waals surface area contributed by atoms with Crippen LogP contribution in [0.3, 0.4) is 0 Å². The van der Waals surface area contributed by atoms with Gasteiger partial charge in [0.25, 0.3) is 11.8 Å². The van der Waals surface area contributed by atoms with E-state index >= 15 is 0 Å². The number of carbonyl (C=O) groups excluding carboxylic acids is 2. The lowest BCUT2D eigenvalue weighted by Crippen LogP contribution is -2.45. The monoisotopic (exact) mass is 489 g/mol. The number of nitrogens with zero attached hydrogens (tertiary/aromatic N) is 2. The Hall–Kier alpha value is -3.32. The molecular weight excluding hydrogens is 454 g/mol. The Morgan fingerprint density at radius 2 is 1.86 bits per heavy atom. The number of aromatic nitrogens is 1. The van der Waals surface area contributed by atoms with Crippen LogP contribution in [-0.4, -0.2) is 73.1 Å². The fraction of sp³-hybridized carbons (Fsp3) is 0.448. The number of piperidine rings is 1. The first-order valence-corrected chi connectivity index (χ1v) is 13.0. The smallest absolute Gasteiger partial charge is 0.257 e. The third-order valence-electron chi connectivity index (χ3n) is 7.77. The van der Waals surface area contributed by atoms with Crippen molar-refractivity contribution in [2.45, 2.75) is 32.1 Å². The quantitative estimate of drug-likeness (QED) is 0.577. The van der Waals surface area contributed by atoms with Crippen LogP contribution in [0.15, 0.2) is 54.7 Å². The van der Waals surface area contributed by atoms with Crippen molar-refractivity contribution in [2.24, 2.45) is 5.41 Å². The highest BCUT2D eigenvalue weighted by Crippen LogP contribution is 2.38. The number of hydrogen-bond acceptors (Lipinski definition) is 4.